The van der Waals surface area contributed by atoms with E-state index in [0.29, 0.717) is 6.41 Å². The maximum atomic E-state index is 10.7. The first-order valence-electron chi connectivity index (χ1n) is 6.00. The number of benzene rings is 1. The summed E-state index contributed by atoms with van der Waals surface area (Å²) in [6.45, 7) is 6.10. The predicted molar refractivity (Wildman–Crippen MR) is 72.5 cm³/mol. The fourth-order valence-corrected chi connectivity index (χ4v) is 2.05. The van der Waals surface area contributed by atoms with E-state index in [9.17, 15) is 4.79 Å². The lowest BCUT2D eigenvalue weighted by molar-refractivity contribution is -0.105. The molecule has 0 unspecified atom stereocenters. The van der Waals surface area contributed by atoms with E-state index in [0.717, 1.165) is 22.6 Å². The van der Waals surface area contributed by atoms with E-state index in [1.807, 2.05) is 41.9 Å². The van der Waals surface area contributed by atoms with Crippen molar-refractivity contribution in [3.63, 3.8) is 0 Å². The van der Waals surface area contributed by atoms with Crippen molar-refractivity contribution < 1.29 is 4.79 Å². The molecule has 0 bridgehead atoms. The molecule has 94 valence electrons. The van der Waals surface area contributed by atoms with Crippen LogP contribution in [0.1, 0.15) is 25.6 Å². The Morgan fingerprint density at radius 2 is 1.94 bits per heavy atom. The molecule has 4 nitrogen and oxygen atoms in total. The van der Waals surface area contributed by atoms with Crippen molar-refractivity contribution in [3.8, 4) is 11.3 Å². The molecule has 0 aliphatic carbocycles. The van der Waals surface area contributed by atoms with Gasteiger partial charge in [0, 0.05) is 11.6 Å². The average Bonchev–Trinajstić information content (AvgIpc) is 2.69. The molecule has 0 radical (unpaired) electrons. The molecule has 1 N–H and O–H groups in total. The fourth-order valence-electron chi connectivity index (χ4n) is 2.05. The molecule has 2 aromatic rings. The summed E-state index contributed by atoms with van der Waals surface area (Å²) in [5.41, 5.74) is 3.57. The summed E-state index contributed by atoms with van der Waals surface area (Å²) in [5, 5.41) is 7.35. The van der Waals surface area contributed by atoms with E-state index in [1.54, 1.807) is 0 Å². The summed E-state index contributed by atoms with van der Waals surface area (Å²) in [7, 11) is 0. The average molecular weight is 243 g/mol. The number of amides is 1. The van der Waals surface area contributed by atoms with Crippen LogP contribution in [0, 0.1) is 6.92 Å². The van der Waals surface area contributed by atoms with Crippen LogP contribution in [0.5, 0.6) is 0 Å². The Labute approximate surface area is 107 Å². The van der Waals surface area contributed by atoms with Crippen molar-refractivity contribution in [2.75, 3.05) is 5.32 Å². The van der Waals surface area contributed by atoms with Crippen molar-refractivity contribution in [3.05, 3.63) is 36.0 Å². The number of aromatic nitrogens is 2. The van der Waals surface area contributed by atoms with Gasteiger partial charge >= 0.3 is 0 Å². The molecule has 1 heterocycles. The van der Waals surface area contributed by atoms with Crippen molar-refractivity contribution in [1.29, 1.82) is 0 Å². The minimum atomic E-state index is 0.259. The summed E-state index contributed by atoms with van der Waals surface area (Å²) in [6, 6.07) is 10.1. The van der Waals surface area contributed by atoms with Gasteiger partial charge in [-0.25, -0.2) is 0 Å². The number of carbonyl (C=O) groups is 1. The van der Waals surface area contributed by atoms with E-state index in [2.05, 4.69) is 24.3 Å². The van der Waals surface area contributed by atoms with Crippen molar-refractivity contribution in [1.82, 2.24) is 9.78 Å². The van der Waals surface area contributed by atoms with Crippen molar-refractivity contribution >= 4 is 12.1 Å². The van der Waals surface area contributed by atoms with Gasteiger partial charge in [-0.3, -0.25) is 9.48 Å². The van der Waals surface area contributed by atoms with Gasteiger partial charge in [-0.15, -0.1) is 0 Å². The highest BCUT2D eigenvalue weighted by Crippen LogP contribution is 2.30. The van der Waals surface area contributed by atoms with Crippen molar-refractivity contribution in [2.45, 2.75) is 26.8 Å². The number of nitrogens with one attached hydrogen (secondary N) is 1. The van der Waals surface area contributed by atoms with Gasteiger partial charge in [-0.05, 0) is 20.8 Å². The smallest absolute Gasteiger partial charge is 0.211 e. The third kappa shape index (κ3) is 2.14. The number of hydrogen-bond donors (Lipinski definition) is 1. The molecule has 0 aliphatic heterocycles. The van der Waals surface area contributed by atoms with Gasteiger partial charge in [-0.2, -0.15) is 5.10 Å². The maximum Gasteiger partial charge on any atom is 0.211 e. The van der Waals surface area contributed by atoms with Gasteiger partial charge in [0.2, 0.25) is 6.41 Å². The van der Waals surface area contributed by atoms with Gasteiger partial charge in [-0.1, -0.05) is 30.3 Å². The first-order valence-corrected chi connectivity index (χ1v) is 6.00. The van der Waals surface area contributed by atoms with E-state index in [-0.39, 0.29) is 6.04 Å². The normalized spacial score (nSPS) is 10.7. The lowest BCUT2D eigenvalue weighted by atomic mass is 10.1. The number of hydrogen-bond acceptors (Lipinski definition) is 2. The largest absolute Gasteiger partial charge is 0.325 e. The van der Waals surface area contributed by atoms with Crippen LogP contribution in [0.15, 0.2) is 30.3 Å². The monoisotopic (exact) mass is 243 g/mol. The summed E-state index contributed by atoms with van der Waals surface area (Å²) in [6.07, 6.45) is 0.696. The van der Waals surface area contributed by atoms with Crippen LogP contribution in [-0.4, -0.2) is 16.2 Å². The summed E-state index contributed by atoms with van der Waals surface area (Å²) >= 11 is 0. The maximum absolute atomic E-state index is 10.7. The molecule has 4 heteroatoms. The highest BCUT2D eigenvalue weighted by atomic mass is 16.1. The molecular weight excluding hydrogens is 226 g/mol. The minimum Gasteiger partial charge on any atom is -0.325 e. The van der Waals surface area contributed by atoms with Crippen LogP contribution >= 0.6 is 0 Å². The highest BCUT2D eigenvalue weighted by Gasteiger charge is 2.16. The van der Waals surface area contributed by atoms with Gasteiger partial charge in [0.25, 0.3) is 0 Å². The summed E-state index contributed by atoms with van der Waals surface area (Å²) < 4.78 is 1.92. The van der Waals surface area contributed by atoms with Crippen LogP contribution < -0.4 is 5.32 Å². The first-order chi connectivity index (χ1) is 8.65. The number of anilines is 1. The molecule has 1 aromatic carbocycles. The first kappa shape index (κ1) is 12.4. The fraction of sp³-hybridized carbons (Fsp3) is 0.286. The zero-order valence-electron chi connectivity index (χ0n) is 10.8. The zero-order chi connectivity index (χ0) is 13.1. The van der Waals surface area contributed by atoms with Crippen LogP contribution in [-0.2, 0) is 4.79 Å². The zero-order valence-corrected chi connectivity index (χ0v) is 10.8. The molecular formula is C14H17N3O. The number of nitrogens with zero attached hydrogens (tertiary/aromatic N) is 2. The Hall–Kier alpha value is -2.10. The van der Waals surface area contributed by atoms with E-state index >= 15 is 0 Å². The molecule has 0 saturated heterocycles. The molecule has 1 amide bonds. The second-order valence-electron chi connectivity index (χ2n) is 4.48. The van der Waals surface area contributed by atoms with Crippen LogP contribution in [0.25, 0.3) is 11.3 Å². The van der Waals surface area contributed by atoms with Crippen LogP contribution in [0.2, 0.25) is 0 Å². The summed E-state index contributed by atoms with van der Waals surface area (Å²) in [4.78, 5) is 10.7. The van der Waals surface area contributed by atoms with E-state index in [1.165, 1.54) is 0 Å². The predicted octanol–water partition coefficient (Wildman–Crippen LogP) is 3.01. The minimum absolute atomic E-state index is 0.259. The lowest BCUT2D eigenvalue weighted by Gasteiger charge is -2.07. The SMILES string of the molecule is Cc1c(NC=O)c(-c2ccccc2)nn1C(C)C. The van der Waals surface area contributed by atoms with Crippen LogP contribution in [0.4, 0.5) is 5.69 Å². The highest BCUT2D eigenvalue weighted by molar-refractivity contribution is 5.84. The van der Waals surface area contributed by atoms with Crippen LogP contribution in [0.3, 0.4) is 0 Å². The Morgan fingerprint density at radius 3 is 2.50 bits per heavy atom. The molecule has 0 fully saturated rings. The van der Waals surface area contributed by atoms with Crippen molar-refractivity contribution in [2.24, 2.45) is 0 Å². The Bertz CT molecular complexity index is 544. The standard InChI is InChI=1S/C14H17N3O/c1-10(2)17-11(3)13(15-9-18)14(16-17)12-7-5-4-6-8-12/h4-10H,1-3H3,(H,15,18). The molecule has 0 aliphatic rings. The van der Waals surface area contributed by atoms with E-state index < -0.39 is 0 Å². The van der Waals surface area contributed by atoms with Gasteiger partial charge in [0.05, 0.1) is 11.4 Å². The van der Waals surface area contributed by atoms with E-state index in [4.69, 9.17) is 0 Å². The molecule has 0 spiro atoms. The second kappa shape index (κ2) is 5.04. The molecule has 2 rings (SSSR count). The quantitative estimate of drug-likeness (QED) is 0.839. The third-order valence-corrected chi connectivity index (χ3v) is 2.89. The molecule has 0 atom stereocenters. The molecule has 18 heavy (non-hydrogen) atoms. The Morgan fingerprint density at radius 1 is 1.28 bits per heavy atom. The number of rotatable bonds is 4. The Balaban J connectivity index is 2.59. The summed E-state index contributed by atoms with van der Waals surface area (Å²) in [5.74, 6) is 0. The second-order valence-corrected chi connectivity index (χ2v) is 4.48. The lowest BCUT2D eigenvalue weighted by Crippen LogP contribution is -2.05. The Kier molecular flexibility index (Phi) is 3.46. The number of carbonyl (C=O) groups excluding carboxylic acids is 1. The topological polar surface area (TPSA) is 46.9 Å². The van der Waals surface area contributed by atoms with Gasteiger partial charge in [0.15, 0.2) is 0 Å². The van der Waals surface area contributed by atoms with Gasteiger partial charge in [0.1, 0.15) is 5.69 Å². The van der Waals surface area contributed by atoms with Gasteiger partial charge < -0.3 is 5.32 Å². The molecule has 1 aromatic heterocycles. The third-order valence-electron chi connectivity index (χ3n) is 2.89. The molecule has 0 saturated carbocycles.